The summed E-state index contributed by atoms with van der Waals surface area (Å²) in [6.45, 7) is 18.5. The van der Waals surface area contributed by atoms with Crippen molar-refractivity contribution in [1.29, 1.82) is 0 Å². The van der Waals surface area contributed by atoms with Gasteiger partial charge in [-0.2, -0.15) is 0 Å². The van der Waals surface area contributed by atoms with Crippen LogP contribution >= 0.6 is 0 Å². The van der Waals surface area contributed by atoms with Gasteiger partial charge in [-0.1, -0.05) is 60.1 Å². The number of rotatable bonds is 1. The van der Waals surface area contributed by atoms with Gasteiger partial charge in [-0.15, -0.1) is 0 Å². The van der Waals surface area contributed by atoms with E-state index in [0.29, 0.717) is 11.8 Å². The van der Waals surface area contributed by atoms with Crippen LogP contribution in [0.2, 0.25) is 0 Å². The Labute approximate surface area is 208 Å². The molecular weight excluding hydrogens is 420 g/mol. The summed E-state index contributed by atoms with van der Waals surface area (Å²) in [6.07, 6.45) is 10.7. The lowest BCUT2D eigenvalue weighted by atomic mass is 9.33. The van der Waals surface area contributed by atoms with Gasteiger partial charge in [-0.3, -0.25) is 4.79 Å². The van der Waals surface area contributed by atoms with E-state index in [-0.39, 0.29) is 44.9 Å². The van der Waals surface area contributed by atoms with E-state index in [1.807, 2.05) is 0 Å². The van der Waals surface area contributed by atoms with Crippen LogP contribution in [0.1, 0.15) is 113 Å². The van der Waals surface area contributed by atoms with Crippen molar-refractivity contribution in [2.24, 2.45) is 50.2 Å². The van der Waals surface area contributed by atoms with Gasteiger partial charge in [0, 0.05) is 0 Å². The Morgan fingerprint density at radius 1 is 0.853 bits per heavy atom. The Bertz CT molecular complexity index is 916. The fraction of sp³-hybridized carbons (Fsp3) is 0.903. The van der Waals surface area contributed by atoms with Crippen molar-refractivity contribution in [2.45, 2.75) is 125 Å². The van der Waals surface area contributed by atoms with Crippen LogP contribution in [-0.2, 0) is 4.79 Å². The summed E-state index contributed by atoms with van der Waals surface area (Å²) in [4.78, 5) is 13.2. The number of carbonyl (C=O) groups excluding carboxylic acids is 1. The zero-order chi connectivity index (χ0) is 25.1. The predicted octanol–water partition coefficient (Wildman–Crippen LogP) is 6.71. The molecule has 0 amide bonds. The summed E-state index contributed by atoms with van der Waals surface area (Å²) in [5.41, 5.74) is 1.29. The number of aliphatic hydroxyl groups excluding tert-OH is 2. The van der Waals surface area contributed by atoms with Gasteiger partial charge in [0.25, 0.3) is 0 Å². The van der Waals surface area contributed by atoms with Crippen LogP contribution in [0, 0.1) is 50.2 Å². The average molecular weight is 471 g/mol. The molecule has 0 heterocycles. The Morgan fingerprint density at radius 2 is 1.53 bits per heavy atom. The fourth-order valence-electron chi connectivity index (χ4n) is 11.0. The molecule has 5 rings (SSSR count). The summed E-state index contributed by atoms with van der Waals surface area (Å²) < 4.78 is 0. The SMILES string of the molecule is CC(=O)[C@]12CCC(C)(C)CC1C1=CC[C@@H]3[C@@]4(C)CC[C@H](O)C(C)(C)[C@@H]4CC[C@@]3(C)[C@]1(C)C[C@H]2O. The maximum absolute atomic E-state index is 13.2. The second-order valence-corrected chi connectivity index (χ2v) is 15.4. The number of carbonyl (C=O) groups is 1. The molecule has 34 heavy (non-hydrogen) atoms. The van der Waals surface area contributed by atoms with Gasteiger partial charge in [0.05, 0.1) is 17.6 Å². The van der Waals surface area contributed by atoms with Crippen LogP contribution in [0.5, 0.6) is 0 Å². The number of ketones is 1. The van der Waals surface area contributed by atoms with Gasteiger partial charge < -0.3 is 10.2 Å². The monoisotopic (exact) mass is 470 g/mol. The minimum Gasteiger partial charge on any atom is -0.393 e. The van der Waals surface area contributed by atoms with E-state index in [0.717, 1.165) is 57.8 Å². The van der Waals surface area contributed by atoms with E-state index in [2.05, 4.69) is 54.5 Å². The molecule has 2 N–H and O–H groups in total. The van der Waals surface area contributed by atoms with Gasteiger partial charge in [0.1, 0.15) is 5.78 Å². The second kappa shape index (κ2) is 7.21. The summed E-state index contributed by atoms with van der Waals surface area (Å²) in [7, 11) is 0. The molecule has 0 radical (unpaired) electrons. The van der Waals surface area contributed by atoms with Crippen LogP contribution in [0.3, 0.4) is 0 Å². The quantitative estimate of drug-likeness (QED) is 0.419. The van der Waals surface area contributed by atoms with E-state index in [1.165, 1.54) is 5.57 Å². The number of hydrogen-bond acceptors (Lipinski definition) is 3. The van der Waals surface area contributed by atoms with Crippen molar-refractivity contribution in [3.63, 3.8) is 0 Å². The number of fused-ring (bicyclic) bond motifs is 7. The predicted molar refractivity (Wildman–Crippen MR) is 137 cm³/mol. The van der Waals surface area contributed by atoms with E-state index >= 15 is 0 Å². The lowest BCUT2D eigenvalue weighted by molar-refractivity contribution is -0.214. The largest absolute Gasteiger partial charge is 0.393 e. The van der Waals surface area contributed by atoms with Crippen molar-refractivity contribution in [3.8, 4) is 0 Å². The van der Waals surface area contributed by atoms with Crippen LogP contribution < -0.4 is 0 Å². The summed E-state index contributed by atoms with van der Waals surface area (Å²) in [6, 6.07) is 0. The smallest absolute Gasteiger partial charge is 0.139 e. The fourth-order valence-corrected chi connectivity index (χ4v) is 11.0. The highest BCUT2D eigenvalue weighted by atomic mass is 16.3. The number of allylic oxidation sites excluding steroid dienone is 2. The van der Waals surface area contributed by atoms with Crippen molar-refractivity contribution < 1.29 is 15.0 Å². The molecule has 0 spiro atoms. The van der Waals surface area contributed by atoms with E-state index in [1.54, 1.807) is 6.92 Å². The van der Waals surface area contributed by atoms with E-state index in [4.69, 9.17) is 0 Å². The third-order valence-electron chi connectivity index (χ3n) is 13.3. The highest BCUT2D eigenvalue weighted by Gasteiger charge is 2.70. The van der Waals surface area contributed by atoms with Gasteiger partial charge in [-0.25, -0.2) is 0 Å². The van der Waals surface area contributed by atoms with Crippen LogP contribution in [0.15, 0.2) is 11.6 Å². The molecule has 1 unspecified atom stereocenters. The molecule has 0 bridgehead atoms. The zero-order valence-electron chi connectivity index (χ0n) is 23.1. The molecule has 0 aromatic carbocycles. The Balaban J connectivity index is 1.63. The minimum atomic E-state index is -0.595. The minimum absolute atomic E-state index is 0.0531. The Kier molecular flexibility index (Phi) is 5.30. The third-order valence-corrected chi connectivity index (χ3v) is 13.3. The zero-order valence-corrected chi connectivity index (χ0v) is 23.1. The molecule has 0 aromatic rings. The van der Waals surface area contributed by atoms with Crippen LogP contribution in [-0.4, -0.2) is 28.2 Å². The summed E-state index contributed by atoms with van der Waals surface area (Å²) >= 11 is 0. The van der Waals surface area contributed by atoms with Gasteiger partial charge in [-0.05, 0) is 110 Å². The van der Waals surface area contributed by atoms with Crippen molar-refractivity contribution >= 4 is 5.78 Å². The van der Waals surface area contributed by atoms with Crippen molar-refractivity contribution in [1.82, 2.24) is 0 Å². The molecule has 5 aliphatic rings. The van der Waals surface area contributed by atoms with Crippen molar-refractivity contribution in [3.05, 3.63) is 11.6 Å². The molecule has 0 aromatic heterocycles. The topological polar surface area (TPSA) is 57.5 Å². The molecule has 5 aliphatic carbocycles. The summed E-state index contributed by atoms with van der Waals surface area (Å²) in [5, 5.41) is 22.7. The third kappa shape index (κ3) is 2.86. The van der Waals surface area contributed by atoms with Gasteiger partial charge >= 0.3 is 0 Å². The van der Waals surface area contributed by atoms with E-state index in [9.17, 15) is 15.0 Å². The van der Waals surface area contributed by atoms with Crippen LogP contribution in [0.25, 0.3) is 0 Å². The standard InChI is InChI=1S/C31H50O3/c1-19(32)31-16-15-26(2,3)17-21(31)20-9-10-23-28(6)13-12-24(33)27(4,5)22(28)11-14-29(23,7)30(20,8)18-25(31)34/h9,21-25,33-34H,10-18H2,1-8H3/t21?,22-,23+,24-,25+,28-,29+,30+,31+/m0/s1. The molecule has 4 fully saturated rings. The normalized spacial score (nSPS) is 53.5. The first-order valence-corrected chi connectivity index (χ1v) is 14.1. The number of aliphatic hydroxyl groups is 2. The van der Waals surface area contributed by atoms with Gasteiger partial charge in [0.2, 0.25) is 0 Å². The lowest BCUT2D eigenvalue weighted by Crippen LogP contribution is -2.67. The first kappa shape index (κ1) is 25.0. The molecule has 0 saturated heterocycles. The first-order chi connectivity index (χ1) is 15.6. The molecule has 192 valence electrons. The molecule has 3 heteroatoms. The number of hydrogen-bond donors (Lipinski definition) is 2. The maximum Gasteiger partial charge on any atom is 0.139 e. The molecular formula is C31H50O3. The molecule has 4 saturated carbocycles. The highest BCUT2D eigenvalue weighted by Crippen LogP contribution is 2.75. The lowest BCUT2D eigenvalue weighted by Gasteiger charge is -2.71. The average Bonchev–Trinajstić information content (AvgIpc) is 2.71. The maximum atomic E-state index is 13.2. The molecule has 0 aliphatic heterocycles. The van der Waals surface area contributed by atoms with Crippen LogP contribution in [0.4, 0.5) is 0 Å². The Hall–Kier alpha value is -0.670. The molecule has 9 atom stereocenters. The first-order valence-electron chi connectivity index (χ1n) is 14.1. The second-order valence-electron chi connectivity index (χ2n) is 15.4. The van der Waals surface area contributed by atoms with Gasteiger partial charge in [0.15, 0.2) is 0 Å². The highest BCUT2D eigenvalue weighted by molar-refractivity contribution is 5.84. The van der Waals surface area contributed by atoms with Crippen molar-refractivity contribution in [2.75, 3.05) is 0 Å². The summed E-state index contributed by atoms with van der Waals surface area (Å²) in [5.74, 6) is 1.44. The Morgan fingerprint density at radius 3 is 2.18 bits per heavy atom. The number of Topliss-reactive ketones (excluding diaryl/α,β-unsaturated/α-hetero) is 1. The van der Waals surface area contributed by atoms with E-state index < -0.39 is 11.5 Å². The molecule has 3 nitrogen and oxygen atoms in total.